The van der Waals surface area contributed by atoms with E-state index in [2.05, 4.69) is 30.0 Å². The topological polar surface area (TPSA) is 29.3 Å². The number of hydrogen-bond donors (Lipinski definition) is 1. The van der Waals surface area contributed by atoms with Gasteiger partial charge in [0.05, 0.1) is 5.02 Å². The lowest BCUT2D eigenvalue weighted by Gasteiger charge is -2.20. The van der Waals surface area contributed by atoms with Crippen LogP contribution in [0.25, 0.3) is 0 Å². The molecular formula is C15H15ClN2S. The molecule has 0 aliphatic heterocycles. The Morgan fingerprint density at radius 1 is 1.16 bits per heavy atom. The van der Waals surface area contributed by atoms with E-state index in [1.165, 1.54) is 5.56 Å². The van der Waals surface area contributed by atoms with Gasteiger partial charge < -0.3 is 10.6 Å². The Bertz CT molecular complexity index is 625. The number of halogens is 1. The zero-order valence-corrected chi connectivity index (χ0v) is 12.4. The summed E-state index contributed by atoms with van der Waals surface area (Å²) in [5.74, 6) is 0. The molecule has 2 aromatic rings. The summed E-state index contributed by atoms with van der Waals surface area (Å²) in [4.78, 5) is 2.39. The second-order valence-electron chi connectivity index (χ2n) is 4.43. The van der Waals surface area contributed by atoms with Gasteiger partial charge in [0, 0.05) is 24.0 Å². The Hall–Kier alpha value is -1.58. The number of anilines is 2. The summed E-state index contributed by atoms with van der Waals surface area (Å²) >= 11 is 11.1. The molecule has 19 heavy (non-hydrogen) atoms. The van der Waals surface area contributed by atoms with Crippen LogP contribution in [0.2, 0.25) is 5.02 Å². The first kappa shape index (κ1) is 13.8. The van der Waals surface area contributed by atoms with Crippen molar-refractivity contribution in [3.05, 3.63) is 58.6 Å². The molecule has 0 atom stereocenters. The van der Waals surface area contributed by atoms with Crippen LogP contribution in [0.15, 0.2) is 42.5 Å². The predicted molar refractivity (Wildman–Crippen MR) is 86.6 cm³/mol. The number of benzene rings is 2. The SMILES string of the molecule is Cc1cccc(N(C)c2ccc(C(N)=S)c(Cl)c2)c1. The summed E-state index contributed by atoms with van der Waals surface area (Å²) < 4.78 is 0. The summed E-state index contributed by atoms with van der Waals surface area (Å²) in [6.45, 7) is 2.07. The zero-order chi connectivity index (χ0) is 14.0. The fourth-order valence-corrected chi connectivity index (χ4v) is 2.41. The molecular weight excluding hydrogens is 276 g/mol. The van der Waals surface area contributed by atoms with E-state index in [1.54, 1.807) is 0 Å². The van der Waals surface area contributed by atoms with Crippen LogP contribution in [-0.4, -0.2) is 12.0 Å². The normalized spacial score (nSPS) is 10.3. The highest BCUT2D eigenvalue weighted by atomic mass is 35.5. The van der Waals surface area contributed by atoms with Crippen molar-refractivity contribution in [2.24, 2.45) is 5.73 Å². The first-order chi connectivity index (χ1) is 8.99. The molecule has 0 unspecified atom stereocenters. The minimum Gasteiger partial charge on any atom is -0.389 e. The van der Waals surface area contributed by atoms with E-state index in [0.717, 1.165) is 11.4 Å². The molecule has 0 heterocycles. The van der Waals surface area contributed by atoms with Gasteiger partial charge in [0.1, 0.15) is 4.99 Å². The highest BCUT2D eigenvalue weighted by Gasteiger charge is 2.08. The second kappa shape index (κ2) is 5.59. The number of aryl methyl sites for hydroxylation is 1. The monoisotopic (exact) mass is 290 g/mol. The second-order valence-corrected chi connectivity index (χ2v) is 5.27. The quantitative estimate of drug-likeness (QED) is 0.865. The average molecular weight is 291 g/mol. The van der Waals surface area contributed by atoms with E-state index < -0.39 is 0 Å². The smallest absolute Gasteiger partial charge is 0.105 e. The number of thiocarbonyl (C=S) groups is 1. The Balaban J connectivity index is 2.37. The maximum absolute atomic E-state index is 6.19. The number of rotatable bonds is 3. The molecule has 0 aliphatic carbocycles. The molecule has 0 aliphatic rings. The van der Waals surface area contributed by atoms with E-state index >= 15 is 0 Å². The molecule has 2 aromatic carbocycles. The van der Waals surface area contributed by atoms with Crippen molar-refractivity contribution in [2.75, 3.05) is 11.9 Å². The molecule has 2 N–H and O–H groups in total. The van der Waals surface area contributed by atoms with Crippen molar-refractivity contribution in [2.45, 2.75) is 6.92 Å². The fourth-order valence-electron chi connectivity index (χ4n) is 1.90. The first-order valence-electron chi connectivity index (χ1n) is 5.89. The lowest BCUT2D eigenvalue weighted by molar-refractivity contribution is 1.20. The molecule has 0 aromatic heterocycles. The van der Waals surface area contributed by atoms with Crippen LogP contribution in [0.3, 0.4) is 0 Å². The van der Waals surface area contributed by atoms with Crippen molar-refractivity contribution in [3.8, 4) is 0 Å². The lowest BCUT2D eigenvalue weighted by Crippen LogP contribution is -2.12. The summed E-state index contributed by atoms with van der Waals surface area (Å²) in [5, 5.41) is 0.574. The van der Waals surface area contributed by atoms with Crippen LogP contribution in [0, 0.1) is 6.92 Å². The largest absolute Gasteiger partial charge is 0.389 e. The van der Waals surface area contributed by atoms with Gasteiger partial charge in [0.2, 0.25) is 0 Å². The van der Waals surface area contributed by atoms with E-state index in [4.69, 9.17) is 29.6 Å². The minimum absolute atomic E-state index is 0.315. The van der Waals surface area contributed by atoms with Crippen molar-refractivity contribution in [3.63, 3.8) is 0 Å². The van der Waals surface area contributed by atoms with Crippen molar-refractivity contribution in [1.29, 1.82) is 0 Å². The molecule has 0 saturated heterocycles. The van der Waals surface area contributed by atoms with Crippen LogP contribution in [-0.2, 0) is 0 Å². The van der Waals surface area contributed by atoms with Crippen molar-refractivity contribution < 1.29 is 0 Å². The lowest BCUT2D eigenvalue weighted by atomic mass is 10.1. The number of nitrogens with two attached hydrogens (primary N) is 1. The summed E-state index contributed by atoms with van der Waals surface area (Å²) in [7, 11) is 2.00. The predicted octanol–water partition coefficient (Wildman–Crippen LogP) is 4.05. The van der Waals surface area contributed by atoms with Crippen LogP contribution in [0.4, 0.5) is 11.4 Å². The molecule has 2 rings (SSSR count). The van der Waals surface area contributed by atoms with E-state index in [9.17, 15) is 0 Å². The minimum atomic E-state index is 0.315. The number of nitrogens with zero attached hydrogens (tertiary/aromatic N) is 1. The van der Waals surface area contributed by atoms with Crippen LogP contribution in [0.5, 0.6) is 0 Å². The van der Waals surface area contributed by atoms with Gasteiger partial charge in [-0.3, -0.25) is 0 Å². The molecule has 0 bridgehead atoms. The highest BCUT2D eigenvalue weighted by molar-refractivity contribution is 7.80. The van der Waals surface area contributed by atoms with Gasteiger partial charge in [0.25, 0.3) is 0 Å². The molecule has 4 heteroatoms. The van der Waals surface area contributed by atoms with Gasteiger partial charge >= 0.3 is 0 Å². The Morgan fingerprint density at radius 3 is 2.42 bits per heavy atom. The zero-order valence-electron chi connectivity index (χ0n) is 10.9. The van der Waals surface area contributed by atoms with Crippen molar-refractivity contribution in [1.82, 2.24) is 0 Å². The standard InChI is InChI=1S/C15H15ClN2S/c1-10-4-3-5-11(8-10)18(2)12-6-7-13(15(17)19)14(16)9-12/h3-9H,1-2H3,(H2,17,19). The van der Waals surface area contributed by atoms with Crippen LogP contribution in [0.1, 0.15) is 11.1 Å². The Kier molecular flexibility index (Phi) is 4.08. The third-order valence-electron chi connectivity index (χ3n) is 2.99. The van der Waals surface area contributed by atoms with Crippen molar-refractivity contribution >= 4 is 40.2 Å². The first-order valence-corrected chi connectivity index (χ1v) is 6.67. The molecule has 2 nitrogen and oxygen atoms in total. The molecule has 0 amide bonds. The highest BCUT2D eigenvalue weighted by Crippen LogP contribution is 2.28. The maximum Gasteiger partial charge on any atom is 0.105 e. The van der Waals surface area contributed by atoms with Gasteiger partial charge in [-0.15, -0.1) is 0 Å². The Labute approximate surface area is 123 Å². The number of hydrogen-bond acceptors (Lipinski definition) is 2. The van der Waals surface area contributed by atoms with E-state index in [0.29, 0.717) is 15.6 Å². The van der Waals surface area contributed by atoms with E-state index in [1.807, 2.05) is 31.3 Å². The molecule has 0 radical (unpaired) electrons. The summed E-state index contributed by atoms with van der Waals surface area (Å²) in [6.07, 6.45) is 0. The van der Waals surface area contributed by atoms with Crippen LogP contribution < -0.4 is 10.6 Å². The van der Waals surface area contributed by atoms with Gasteiger partial charge in [-0.25, -0.2) is 0 Å². The maximum atomic E-state index is 6.19. The van der Waals surface area contributed by atoms with Gasteiger partial charge in [-0.05, 0) is 42.8 Å². The van der Waals surface area contributed by atoms with Gasteiger partial charge in [0.15, 0.2) is 0 Å². The van der Waals surface area contributed by atoms with Crippen LogP contribution >= 0.6 is 23.8 Å². The fraction of sp³-hybridized carbons (Fsp3) is 0.133. The summed E-state index contributed by atoms with van der Waals surface area (Å²) in [5.41, 5.74) is 9.64. The molecule has 0 fully saturated rings. The third-order valence-corrected chi connectivity index (χ3v) is 3.53. The Morgan fingerprint density at radius 2 is 1.84 bits per heavy atom. The molecule has 0 spiro atoms. The average Bonchev–Trinajstić information content (AvgIpc) is 2.37. The molecule has 0 saturated carbocycles. The third kappa shape index (κ3) is 3.06. The van der Waals surface area contributed by atoms with E-state index in [-0.39, 0.29) is 0 Å². The molecule has 98 valence electrons. The summed E-state index contributed by atoms with van der Waals surface area (Å²) in [6, 6.07) is 14.0. The van der Waals surface area contributed by atoms with Gasteiger partial charge in [-0.2, -0.15) is 0 Å². The van der Waals surface area contributed by atoms with Gasteiger partial charge in [-0.1, -0.05) is 36.0 Å².